The second-order valence-electron chi connectivity index (χ2n) is 5.83. The van der Waals surface area contributed by atoms with Crippen LogP contribution < -0.4 is 4.74 Å². The first-order chi connectivity index (χ1) is 11.8. The maximum absolute atomic E-state index is 12.8. The van der Waals surface area contributed by atoms with E-state index >= 15 is 0 Å². The van der Waals surface area contributed by atoms with Crippen molar-refractivity contribution < 1.29 is 17.9 Å². The Balaban J connectivity index is 2.22. The summed E-state index contributed by atoms with van der Waals surface area (Å²) in [7, 11) is -2.35. The Kier molecular flexibility index (Phi) is 5.98. The first-order valence-electron chi connectivity index (χ1n) is 8.09. The molecule has 134 valence electrons. The molecule has 0 aromatic heterocycles. The molecule has 0 aliphatic carbocycles. The van der Waals surface area contributed by atoms with Crippen LogP contribution in [0, 0.1) is 6.92 Å². The van der Waals surface area contributed by atoms with Gasteiger partial charge < -0.3 is 4.74 Å². The van der Waals surface area contributed by atoms with Gasteiger partial charge in [0.1, 0.15) is 5.75 Å². The van der Waals surface area contributed by atoms with Crippen LogP contribution in [-0.4, -0.2) is 38.2 Å². The fraction of sp³-hybridized carbons (Fsp3) is 0.316. The van der Waals surface area contributed by atoms with E-state index in [1.165, 1.54) is 19.2 Å². The molecule has 0 aliphatic rings. The van der Waals surface area contributed by atoms with E-state index in [0.29, 0.717) is 17.9 Å². The van der Waals surface area contributed by atoms with Gasteiger partial charge in [-0.3, -0.25) is 4.79 Å². The molecule has 2 aromatic carbocycles. The number of ketones is 1. The largest absolute Gasteiger partial charge is 0.494 e. The van der Waals surface area contributed by atoms with Crippen molar-refractivity contribution >= 4 is 15.8 Å². The second kappa shape index (κ2) is 7.80. The van der Waals surface area contributed by atoms with Crippen LogP contribution in [0.4, 0.5) is 0 Å². The van der Waals surface area contributed by atoms with Crippen LogP contribution in [0.5, 0.6) is 5.75 Å². The summed E-state index contributed by atoms with van der Waals surface area (Å²) in [6.07, 6.45) is 0. The van der Waals surface area contributed by atoms with Crippen molar-refractivity contribution in [3.8, 4) is 5.75 Å². The van der Waals surface area contributed by atoms with Crippen LogP contribution in [0.2, 0.25) is 0 Å². The maximum atomic E-state index is 12.8. The topological polar surface area (TPSA) is 63.7 Å². The third-order valence-electron chi connectivity index (χ3n) is 4.07. The summed E-state index contributed by atoms with van der Waals surface area (Å²) in [6, 6.07) is 12.5. The van der Waals surface area contributed by atoms with Gasteiger partial charge in [-0.25, -0.2) is 8.42 Å². The molecule has 0 aliphatic heterocycles. The number of aryl methyl sites for hydroxylation is 1. The number of sulfonamides is 1. The van der Waals surface area contributed by atoms with Gasteiger partial charge in [-0.2, -0.15) is 4.31 Å². The number of likely N-dealkylation sites (N-methyl/N-ethyl adjacent to an activating group) is 1. The minimum absolute atomic E-state index is 0.127. The molecule has 2 aromatic rings. The molecule has 1 unspecified atom stereocenters. The maximum Gasteiger partial charge on any atom is 0.243 e. The monoisotopic (exact) mass is 361 g/mol. The number of Topliss-reactive ketones (excluding diaryl/α,β-unsaturated/α-hetero) is 1. The third-order valence-corrected chi connectivity index (χ3v) is 6.02. The zero-order valence-corrected chi connectivity index (χ0v) is 15.7. The van der Waals surface area contributed by atoms with E-state index in [1.54, 1.807) is 31.2 Å². The molecular formula is C19H23NO4S. The lowest BCUT2D eigenvalue weighted by atomic mass is 10.0. The number of nitrogens with zero attached hydrogens (tertiary/aromatic N) is 1. The summed E-state index contributed by atoms with van der Waals surface area (Å²) >= 11 is 0. The molecule has 2 rings (SSSR count). The lowest BCUT2D eigenvalue weighted by Gasteiger charge is -2.23. The molecule has 0 bridgehead atoms. The zero-order chi connectivity index (χ0) is 18.6. The van der Waals surface area contributed by atoms with Crippen LogP contribution >= 0.6 is 0 Å². The van der Waals surface area contributed by atoms with Gasteiger partial charge in [-0.15, -0.1) is 0 Å². The van der Waals surface area contributed by atoms with Gasteiger partial charge in [0.15, 0.2) is 5.78 Å². The Morgan fingerprint density at radius 2 is 1.64 bits per heavy atom. The molecule has 0 spiro atoms. The highest BCUT2D eigenvalue weighted by Gasteiger charge is 2.30. The smallest absolute Gasteiger partial charge is 0.243 e. The van der Waals surface area contributed by atoms with Crippen molar-refractivity contribution in [3.05, 3.63) is 59.7 Å². The highest BCUT2D eigenvalue weighted by atomic mass is 32.2. The summed E-state index contributed by atoms with van der Waals surface area (Å²) in [5, 5.41) is 0. The number of carbonyl (C=O) groups is 1. The van der Waals surface area contributed by atoms with Gasteiger partial charge in [0.25, 0.3) is 0 Å². The minimum atomic E-state index is -3.77. The average molecular weight is 361 g/mol. The van der Waals surface area contributed by atoms with E-state index in [0.717, 1.165) is 9.87 Å². The van der Waals surface area contributed by atoms with E-state index in [2.05, 4.69) is 0 Å². The Morgan fingerprint density at radius 1 is 1.08 bits per heavy atom. The quantitative estimate of drug-likeness (QED) is 0.710. The van der Waals surface area contributed by atoms with E-state index in [-0.39, 0.29) is 10.7 Å². The standard InChI is InChI=1S/C19H23NO4S/c1-5-24-17-10-12-18(13-11-17)25(22,23)20(4)15(3)19(21)16-8-6-14(2)7-9-16/h6-13,15H,5H2,1-4H3. The molecular weight excluding hydrogens is 338 g/mol. The van der Waals surface area contributed by atoms with Gasteiger partial charge in [0.05, 0.1) is 17.5 Å². The second-order valence-corrected chi connectivity index (χ2v) is 7.83. The molecule has 5 nitrogen and oxygen atoms in total. The molecule has 0 N–H and O–H groups in total. The molecule has 1 atom stereocenters. The first-order valence-corrected chi connectivity index (χ1v) is 9.53. The summed E-state index contributed by atoms with van der Waals surface area (Å²) in [5.41, 5.74) is 1.53. The molecule has 0 saturated heterocycles. The van der Waals surface area contributed by atoms with Crippen LogP contribution in [-0.2, 0) is 10.0 Å². The van der Waals surface area contributed by atoms with Crippen LogP contribution in [0.3, 0.4) is 0 Å². The van der Waals surface area contributed by atoms with Gasteiger partial charge in [0, 0.05) is 12.6 Å². The van der Waals surface area contributed by atoms with Gasteiger partial charge in [0.2, 0.25) is 10.0 Å². The molecule has 0 saturated carbocycles. The SMILES string of the molecule is CCOc1ccc(S(=O)(=O)N(C)C(C)C(=O)c2ccc(C)cc2)cc1. The summed E-state index contributed by atoms with van der Waals surface area (Å²) in [5.74, 6) is 0.366. The number of hydrogen-bond acceptors (Lipinski definition) is 4. The van der Waals surface area contributed by atoms with Crippen molar-refractivity contribution in [2.75, 3.05) is 13.7 Å². The highest BCUT2D eigenvalue weighted by molar-refractivity contribution is 7.89. The first kappa shape index (κ1) is 19.1. The predicted octanol–water partition coefficient (Wildman–Crippen LogP) is 3.29. The fourth-order valence-corrected chi connectivity index (χ4v) is 3.70. The molecule has 0 radical (unpaired) electrons. The van der Waals surface area contributed by atoms with Crippen molar-refractivity contribution in [2.45, 2.75) is 31.7 Å². The molecule has 0 amide bonds. The number of ether oxygens (including phenoxy) is 1. The van der Waals surface area contributed by atoms with Gasteiger partial charge in [-0.1, -0.05) is 29.8 Å². The molecule has 6 heteroatoms. The predicted molar refractivity (Wildman–Crippen MR) is 97.5 cm³/mol. The van der Waals surface area contributed by atoms with E-state index in [1.807, 2.05) is 26.0 Å². The number of hydrogen-bond donors (Lipinski definition) is 0. The summed E-state index contributed by atoms with van der Waals surface area (Å²) in [6.45, 7) is 5.89. The van der Waals surface area contributed by atoms with Crippen molar-refractivity contribution in [1.29, 1.82) is 0 Å². The Hall–Kier alpha value is -2.18. The van der Waals surface area contributed by atoms with Gasteiger partial charge >= 0.3 is 0 Å². The Labute approximate surface area is 149 Å². The fourth-order valence-electron chi connectivity index (χ4n) is 2.37. The summed E-state index contributed by atoms with van der Waals surface area (Å²) < 4.78 is 32.0. The van der Waals surface area contributed by atoms with Crippen molar-refractivity contribution in [1.82, 2.24) is 4.31 Å². The number of benzene rings is 2. The van der Waals surface area contributed by atoms with Crippen LogP contribution in [0.1, 0.15) is 29.8 Å². The average Bonchev–Trinajstić information content (AvgIpc) is 2.61. The molecule has 25 heavy (non-hydrogen) atoms. The van der Waals surface area contributed by atoms with E-state index in [9.17, 15) is 13.2 Å². The van der Waals surface area contributed by atoms with Crippen molar-refractivity contribution in [3.63, 3.8) is 0 Å². The Morgan fingerprint density at radius 3 is 2.16 bits per heavy atom. The van der Waals surface area contributed by atoms with Crippen LogP contribution in [0.25, 0.3) is 0 Å². The van der Waals surface area contributed by atoms with Crippen molar-refractivity contribution in [2.24, 2.45) is 0 Å². The molecule has 0 fully saturated rings. The minimum Gasteiger partial charge on any atom is -0.494 e. The third kappa shape index (κ3) is 4.27. The zero-order valence-electron chi connectivity index (χ0n) is 14.9. The van der Waals surface area contributed by atoms with Gasteiger partial charge in [-0.05, 0) is 45.0 Å². The normalized spacial score (nSPS) is 12.8. The molecule has 0 heterocycles. The number of rotatable bonds is 7. The summed E-state index contributed by atoms with van der Waals surface area (Å²) in [4.78, 5) is 12.7. The highest BCUT2D eigenvalue weighted by Crippen LogP contribution is 2.21. The lowest BCUT2D eigenvalue weighted by Crippen LogP contribution is -2.40. The Bertz CT molecular complexity index is 827. The van der Waals surface area contributed by atoms with E-state index < -0.39 is 16.1 Å². The van der Waals surface area contributed by atoms with E-state index in [4.69, 9.17) is 4.74 Å². The number of carbonyl (C=O) groups excluding carboxylic acids is 1. The lowest BCUT2D eigenvalue weighted by molar-refractivity contribution is 0.0919. The van der Waals surface area contributed by atoms with Crippen LogP contribution in [0.15, 0.2) is 53.4 Å².